The van der Waals surface area contributed by atoms with E-state index in [0.717, 1.165) is 6.54 Å². The molecule has 0 amide bonds. The summed E-state index contributed by atoms with van der Waals surface area (Å²) in [6.07, 6.45) is 6.50. The Morgan fingerprint density at radius 2 is 1.95 bits per heavy atom. The molecule has 0 radical (unpaired) electrons. The highest BCUT2D eigenvalue weighted by Gasteiger charge is 2.22. The van der Waals surface area contributed by atoms with E-state index in [4.69, 9.17) is 0 Å². The third-order valence-corrected chi connectivity index (χ3v) is 6.57. The van der Waals surface area contributed by atoms with Crippen LogP contribution in [0.1, 0.15) is 62.9 Å². The zero-order chi connectivity index (χ0) is 14.8. The first kappa shape index (κ1) is 15.3. The maximum atomic E-state index is 3.78. The summed E-state index contributed by atoms with van der Waals surface area (Å²) in [5, 5.41) is 3.78. The lowest BCUT2D eigenvalue weighted by molar-refractivity contribution is 0.604. The van der Waals surface area contributed by atoms with E-state index in [1.165, 1.54) is 52.3 Å². The molecular formula is C18H25NS2. The number of rotatable bonds is 5. The summed E-state index contributed by atoms with van der Waals surface area (Å²) in [5.41, 5.74) is 3.11. The van der Waals surface area contributed by atoms with Gasteiger partial charge in [-0.3, -0.25) is 0 Å². The van der Waals surface area contributed by atoms with E-state index in [1.54, 1.807) is 10.4 Å². The van der Waals surface area contributed by atoms with Crippen LogP contribution in [0.3, 0.4) is 0 Å². The fraction of sp³-hybridized carbons (Fsp3) is 0.556. The Bertz CT molecular complexity index is 585. The average Bonchev–Trinajstić information content (AvgIpc) is 3.03. The molecule has 0 saturated carbocycles. The van der Waals surface area contributed by atoms with Crippen LogP contribution in [0, 0.1) is 13.8 Å². The Hall–Kier alpha value is -0.640. The number of aryl methyl sites for hydroxylation is 4. The maximum absolute atomic E-state index is 3.78. The van der Waals surface area contributed by atoms with Gasteiger partial charge in [0.05, 0.1) is 6.04 Å². The van der Waals surface area contributed by atoms with Gasteiger partial charge < -0.3 is 5.32 Å². The SMILES string of the molecule is CCCNC(c1cc2c(s1)CCCC2)c1cc(C)sc1C. The second-order valence-electron chi connectivity index (χ2n) is 6.06. The van der Waals surface area contributed by atoms with E-state index >= 15 is 0 Å². The molecular weight excluding hydrogens is 294 g/mol. The largest absolute Gasteiger partial charge is 0.306 e. The number of hydrogen-bond donors (Lipinski definition) is 1. The Morgan fingerprint density at radius 1 is 1.14 bits per heavy atom. The third kappa shape index (κ3) is 3.25. The van der Waals surface area contributed by atoms with Crippen LogP contribution in [0.5, 0.6) is 0 Å². The highest BCUT2D eigenvalue weighted by molar-refractivity contribution is 7.12. The minimum Gasteiger partial charge on any atom is -0.306 e. The van der Waals surface area contributed by atoms with Gasteiger partial charge in [0.2, 0.25) is 0 Å². The molecule has 1 nitrogen and oxygen atoms in total. The highest BCUT2D eigenvalue weighted by Crippen LogP contribution is 2.38. The predicted molar refractivity (Wildman–Crippen MR) is 94.9 cm³/mol. The summed E-state index contributed by atoms with van der Waals surface area (Å²) < 4.78 is 0. The van der Waals surface area contributed by atoms with E-state index in [-0.39, 0.29) is 0 Å². The molecule has 3 heteroatoms. The van der Waals surface area contributed by atoms with Gasteiger partial charge in [-0.25, -0.2) is 0 Å². The normalized spacial score (nSPS) is 16.0. The fourth-order valence-corrected chi connectivity index (χ4v) is 5.56. The monoisotopic (exact) mass is 319 g/mol. The molecule has 1 unspecified atom stereocenters. The second-order valence-corrected chi connectivity index (χ2v) is 8.69. The van der Waals surface area contributed by atoms with E-state index in [9.17, 15) is 0 Å². The first-order valence-corrected chi connectivity index (χ1v) is 9.74. The first-order valence-electron chi connectivity index (χ1n) is 8.10. The number of nitrogens with one attached hydrogen (secondary N) is 1. The molecule has 1 aliphatic carbocycles. The zero-order valence-corrected chi connectivity index (χ0v) is 14.9. The Morgan fingerprint density at radius 3 is 2.62 bits per heavy atom. The van der Waals surface area contributed by atoms with Crippen LogP contribution in [0.15, 0.2) is 12.1 Å². The van der Waals surface area contributed by atoms with Crippen molar-refractivity contribution in [2.24, 2.45) is 0 Å². The van der Waals surface area contributed by atoms with E-state index in [1.807, 2.05) is 22.7 Å². The third-order valence-electron chi connectivity index (χ3n) is 4.29. The van der Waals surface area contributed by atoms with Crippen molar-refractivity contribution in [2.45, 2.75) is 58.9 Å². The molecule has 0 bridgehead atoms. The molecule has 0 aliphatic heterocycles. The summed E-state index contributed by atoms with van der Waals surface area (Å²) in [4.78, 5) is 6.06. The van der Waals surface area contributed by atoms with Gasteiger partial charge in [-0.15, -0.1) is 22.7 Å². The van der Waals surface area contributed by atoms with E-state index in [0.29, 0.717) is 6.04 Å². The molecule has 0 aromatic carbocycles. The van der Waals surface area contributed by atoms with Crippen molar-refractivity contribution in [3.05, 3.63) is 42.8 Å². The molecule has 0 spiro atoms. The molecule has 1 aliphatic rings. The fourth-order valence-electron chi connectivity index (χ4n) is 3.25. The lowest BCUT2D eigenvalue weighted by atomic mass is 9.98. The van der Waals surface area contributed by atoms with Gasteiger partial charge in [-0.2, -0.15) is 0 Å². The van der Waals surface area contributed by atoms with Crippen molar-refractivity contribution in [1.82, 2.24) is 5.32 Å². The minimum atomic E-state index is 0.394. The second kappa shape index (κ2) is 6.64. The minimum absolute atomic E-state index is 0.394. The van der Waals surface area contributed by atoms with Crippen LogP contribution in [0.4, 0.5) is 0 Å². The zero-order valence-electron chi connectivity index (χ0n) is 13.3. The molecule has 2 aromatic rings. The molecule has 1 N–H and O–H groups in total. The van der Waals surface area contributed by atoms with Crippen LogP contribution in [0.2, 0.25) is 0 Å². The summed E-state index contributed by atoms with van der Waals surface area (Å²) in [6, 6.07) is 5.26. The quantitative estimate of drug-likeness (QED) is 0.778. The Balaban J connectivity index is 1.95. The summed E-state index contributed by atoms with van der Waals surface area (Å²) in [7, 11) is 0. The van der Waals surface area contributed by atoms with E-state index in [2.05, 4.69) is 38.2 Å². The van der Waals surface area contributed by atoms with Gasteiger partial charge in [-0.1, -0.05) is 6.92 Å². The van der Waals surface area contributed by atoms with Crippen molar-refractivity contribution in [2.75, 3.05) is 6.54 Å². The number of fused-ring (bicyclic) bond motifs is 1. The van der Waals surface area contributed by atoms with Crippen molar-refractivity contribution in [3.63, 3.8) is 0 Å². The molecule has 0 saturated heterocycles. The van der Waals surface area contributed by atoms with Crippen molar-refractivity contribution in [1.29, 1.82) is 0 Å². The lowest BCUT2D eigenvalue weighted by Gasteiger charge is -2.17. The van der Waals surface area contributed by atoms with Crippen molar-refractivity contribution in [3.8, 4) is 0 Å². The molecule has 2 aromatic heterocycles. The highest BCUT2D eigenvalue weighted by atomic mass is 32.1. The molecule has 3 rings (SSSR count). The van der Waals surface area contributed by atoms with Crippen LogP contribution < -0.4 is 5.32 Å². The van der Waals surface area contributed by atoms with Gasteiger partial charge in [0.15, 0.2) is 0 Å². The Labute approximate surface area is 136 Å². The maximum Gasteiger partial charge on any atom is 0.0682 e. The summed E-state index contributed by atoms with van der Waals surface area (Å²) in [5.74, 6) is 0. The van der Waals surface area contributed by atoms with Gasteiger partial charge in [0, 0.05) is 19.5 Å². The molecule has 0 fully saturated rings. The van der Waals surface area contributed by atoms with Gasteiger partial charge >= 0.3 is 0 Å². The molecule has 1 atom stereocenters. The van der Waals surface area contributed by atoms with Crippen LogP contribution in [0.25, 0.3) is 0 Å². The first-order chi connectivity index (χ1) is 10.2. The van der Waals surface area contributed by atoms with Crippen LogP contribution >= 0.6 is 22.7 Å². The number of hydrogen-bond acceptors (Lipinski definition) is 3. The smallest absolute Gasteiger partial charge is 0.0682 e. The molecule has 21 heavy (non-hydrogen) atoms. The van der Waals surface area contributed by atoms with Crippen molar-refractivity contribution < 1.29 is 0 Å². The predicted octanol–water partition coefficient (Wildman–Crippen LogP) is 5.39. The van der Waals surface area contributed by atoms with Gasteiger partial charge in [0.1, 0.15) is 0 Å². The van der Waals surface area contributed by atoms with Gasteiger partial charge in [-0.05, 0) is 75.8 Å². The lowest BCUT2D eigenvalue weighted by Crippen LogP contribution is -2.22. The Kier molecular flexibility index (Phi) is 4.82. The topological polar surface area (TPSA) is 12.0 Å². The number of thiophene rings is 2. The average molecular weight is 320 g/mol. The molecule has 2 heterocycles. The van der Waals surface area contributed by atoms with Crippen molar-refractivity contribution >= 4 is 22.7 Å². The van der Waals surface area contributed by atoms with Crippen LogP contribution in [-0.2, 0) is 12.8 Å². The van der Waals surface area contributed by atoms with Gasteiger partial charge in [0.25, 0.3) is 0 Å². The summed E-state index contributed by atoms with van der Waals surface area (Å²) >= 11 is 3.97. The summed E-state index contributed by atoms with van der Waals surface area (Å²) in [6.45, 7) is 7.81. The molecule has 114 valence electrons. The standard InChI is InChI=1S/C18H25NS2/c1-4-9-19-18(15-10-12(2)20-13(15)3)17-11-14-7-5-6-8-16(14)21-17/h10-11,18-19H,4-9H2,1-3H3. The van der Waals surface area contributed by atoms with E-state index < -0.39 is 0 Å². The van der Waals surface area contributed by atoms with Crippen LogP contribution in [-0.4, -0.2) is 6.54 Å².